The van der Waals surface area contributed by atoms with Crippen LogP contribution in [0.25, 0.3) is 0 Å². The van der Waals surface area contributed by atoms with Crippen LogP contribution in [0.2, 0.25) is 0 Å². The second kappa shape index (κ2) is 9.23. The van der Waals surface area contributed by atoms with Crippen molar-refractivity contribution in [2.45, 2.75) is 51.2 Å². The normalized spacial score (nSPS) is 22.2. The van der Waals surface area contributed by atoms with Crippen LogP contribution in [-0.4, -0.2) is 20.5 Å². The molecule has 174 valence electrons. The Labute approximate surface area is 188 Å². The molecule has 2 aromatic carbocycles. The maximum Gasteiger partial charge on any atom is 0.416 e. The van der Waals surface area contributed by atoms with Gasteiger partial charge in [0.05, 0.1) is 11.6 Å². The Kier molecular flexibility index (Phi) is 7.00. The fraction of sp³-hybridized carbons (Fsp3) is 0.435. The van der Waals surface area contributed by atoms with Gasteiger partial charge < -0.3 is 15.2 Å². The summed E-state index contributed by atoms with van der Waals surface area (Å²) in [6.45, 7) is 5.69. The lowest BCUT2D eigenvalue weighted by Crippen LogP contribution is -2.31. The summed E-state index contributed by atoms with van der Waals surface area (Å²) in [7, 11) is 0. The third-order valence-electron chi connectivity index (χ3n) is 6.31. The number of amides is 1. The summed E-state index contributed by atoms with van der Waals surface area (Å²) in [5, 5.41) is 5.91. The minimum atomic E-state index is -4.38. The smallest absolute Gasteiger partial charge is 0.371 e. The van der Waals surface area contributed by atoms with Crippen molar-refractivity contribution in [1.82, 2.24) is 5.32 Å². The Morgan fingerprint density at radius 3 is 2.44 bits per heavy atom. The van der Waals surface area contributed by atoms with Crippen molar-refractivity contribution >= 4 is 22.7 Å². The number of aryl methyl sites for hydroxylation is 1. The first-order chi connectivity index (χ1) is 15.0. The molecule has 1 aliphatic rings. The van der Waals surface area contributed by atoms with Crippen LogP contribution < -0.4 is 10.6 Å². The zero-order chi connectivity index (χ0) is 23.7. The minimum Gasteiger partial charge on any atom is -0.371 e. The molecule has 0 aliphatic heterocycles. The molecule has 3 rings (SSSR count). The zero-order valence-electron chi connectivity index (χ0n) is 18.1. The molecule has 0 radical (unpaired) electrons. The van der Waals surface area contributed by atoms with Gasteiger partial charge in [0.1, 0.15) is 5.88 Å². The predicted molar refractivity (Wildman–Crippen MR) is 119 cm³/mol. The van der Waals surface area contributed by atoms with Gasteiger partial charge in [0.15, 0.2) is 11.1 Å². The molecule has 4 atom stereocenters. The molecule has 1 saturated carbocycles. The molecule has 0 spiro atoms. The number of carbonyl (C=O) groups excluding carboxylic acids is 1. The quantitative estimate of drug-likeness (QED) is 0.468. The lowest BCUT2D eigenvalue weighted by molar-refractivity contribution is -0.137. The molecule has 9 heteroatoms. The van der Waals surface area contributed by atoms with Crippen molar-refractivity contribution in [2.24, 2.45) is 5.92 Å². The summed E-state index contributed by atoms with van der Waals surface area (Å²) in [5.41, 5.74) is 2.15. The molecule has 0 bridgehead atoms. The van der Waals surface area contributed by atoms with Gasteiger partial charge in [0, 0.05) is 17.0 Å². The SMILES string of the molecule is CCC1(c2ccc(C(F)(F)F)cc2)CC1C(=O)N[C@H](C)c1ccc(NCS(=O)O)c(C)c1. The monoisotopic (exact) mass is 468 g/mol. The number of hydrogen-bond donors (Lipinski definition) is 3. The summed E-state index contributed by atoms with van der Waals surface area (Å²) in [6, 6.07) is 10.4. The van der Waals surface area contributed by atoms with Crippen LogP contribution in [0.5, 0.6) is 0 Å². The van der Waals surface area contributed by atoms with Gasteiger partial charge in [-0.3, -0.25) is 4.79 Å². The van der Waals surface area contributed by atoms with Gasteiger partial charge in [-0.05, 0) is 61.6 Å². The van der Waals surface area contributed by atoms with Crippen molar-refractivity contribution in [2.75, 3.05) is 11.2 Å². The Hall–Kier alpha value is -2.39. The first-order valence-electron chi connectivity index (χ1n) is 10.4. The van der Waals surface area contributed by atoms with E-state index < -0.39 is 28.2 Å². The molecule has 0 aromatic heterocycles. The maximum atomic E-state index is 12.9. The molecule has 0 heterocycles. The highest BCUT2D eigenvalue weighted by atomic mass is 32.2. The number of carbonyl (C=O) groups is 1. The van der Waals surface area contributed by atoms with Crippen LogP contribution in [0.4, 0.5) is 18.9 Å². The van der Waals surface area contributed by atoms with Crippen LogP contribution in [0.1, 0.15) is 55.0 Å². The van der Waals surface area contributed by atoms with Crippen LogP contribution in [-0.2, 0) is 27.5 Å². The first kappa shape index (κ1) is 24.3. The van der Waals surface area contributed by atoms with E-state index in [0.717, 1.165) is 34.5 Å². The third-order valence-corrected chi connectivity index (χ3v) is 6.70. The van der Waals surface area contributed by atoms with Crippen LogP contribution in [0, 0.1) is 12.8 Å². The number of halogens is 3. The van der Waals surface area contributed by atoms with E-state index in [9.17, 15) is 22.2 Å². The summed E-state index contributed by atoms with van der Waals surface area (Å²) < 4.78 is 58.3. The topological polar surface area (TPSA) is 78.4 Å². The number of anilines is 1. The average Bonchev–Trinajstić information content (AvgIpc) is 3.48. The van der Waals surface area contributed by atoms with E-state index in [0.29, 0.717) is 12.8 Å². The van der Waals surface area contributed by atoms with E-state index in [1.807, 2.05) is 32.9 Å². The van der Waals surface area contributed by atoms with E-state index in [-0.39, 0.29) is 23.7 Å². The highest BCUT2D eigenvalue weighted by molar-refractivity contribution is 7.79. The second-order valence-corrected chi connectivity index (χ2v) is 9.22. The molecule has 1 amide bonds. The number of alkyl halides is 3. The molecule has 1 fully saturated rings. The standard InChI is InChI=1S/C23H27F3N2O3S/c1-4-22(17-6-8-18(9-7-17)23(24,25)26)12-19(22)21(29)28-15(3)16-5-10-20(14(2)11-16)27-13-32(30)31/h5-11,15,19,27H,4,12-13H2,1-3H3,(H,28,29)(H,30,31)/t15-,19?,22?/m1/s1. The highest BCUT2D eigenvalue weighted by Gasteiger charge is 2.57. The molecule has 1 aliphatic carbocycles. The predicted octanol–water partition coefficient (Wildman–Crippen LogP) is 5.15. The lowest BCUT2D eigenvalue weighted by atomic mass is 9.89. The van der Waals surface area contributed by atoms with Gasteiger partial charge in [-0.2, -0.15) is 13.2 Å². The van der Waals surface area contributed by atoms with Gasteiger partial charge in [-0.25, -0.2) is 4.21 Å². The molecule has 5 nitrogen and oxygen atoms in total. The minimum absolute atomic E-state index is 0.0722. The van der Waals surface area contributed by atoms with E-state index in [4.69, 9.17) is 4.55 Å². The lowest BCUT2D eigenvalue weighted by Gasteiger charge is -2.20. The van der Waals surface area contributed by atoms with Crippen molar-refractivity contribution in [1.29, 1.82) is 0 Å². The van der Waals surface area contributed by atoms with Crippen LogP contribution >= 0.6 is 0 Å². The van der Waals surface area contributed by atoms with Gasteiger partial charge in [-0.15, -0.1) is 0 Å². The van der Waals surface area contributed by atoms with Gasteiger partial charge >= 0.3 is 6.18 Å². The molecular weight excluding hydrogens is 441 g/mol. The summed E-state index contributed by atoms with van der Waals surface area (Å²) >= 11 is -1.95. The number of nitrogens with one attached hydrogen (secondary N) is 2. The Bertz CT molecular complexity index is 1010. The fourth-order valence-corrected chi connectivity index (χ4v) is 4.52. The zero-order valence-corrected chi connectivity index (χ0v) is 18.9. The Morgan fingerprint density at radius 2 is 1.91 bits per heavy atom. The number of hydrogen-bond acceptors (Lipinski definition) is 3. The Balaban J connectivity index is 1.67. The molecular formula is C23H27F3N2O3S. The summed E-state index contributed by atoms with van der Waals surface area (Å²) in [4.78, 5) is 12.9. The fourth-order valence-electron chi connectivity index (χ4n) is 4.25. The summed E-state index contributed by atoms with van der Waals surface area (Å²) in [6.07, 6.45) is -3.11. The van der Waals surface area contributed by atoms with Crippen molar-refractivity contribution < 1.29 is 26.7 Å². The Morgan fingerprint density at radius 1 is 1.25 bits per heavy atom. The third kappa shape index (κ3) is 5.15. The van der Waals surface area contributed by atoms with E-state index in [1.54, 1.807) is 6.07 Å². The van der Waals surface area contributed by atoms with Crippen molar-refractivity contribution in [3.8, 4) is 0 Å². The largest absolute Gasteiger partial charge is 0.416 e. The molecule has 3 N–H and O–H groups in total. The van der Waals surface area contributed by atoms with Crippen LogP contribution in [0.15, 0.2) is 42.5 Å². The van der Waals surface area contributed by atoms with E-state index >= 15 is 0 Å². The van der Waals surface area contributed by atoms with E-state index in [1.165, 1.54) is 12.1 Å². The van der Waals surface area contributed by atoms with Crippen molar-refractivity contribution in [3.05, 3.63) is 64.7 Å². The van der Waals surface area contributed by atoms with Crippen molar-refractivity contribution in [3.63, 3.8) is 0 Å². The van der Waals surface area contributed by atoms with Gasteiger partial charge in [0.2, 0.25) is 5.91 Å². The molecule has 3 unspecified atom stereocenters. The number of benzene rings is 2. The molecule has 32 heavy (non-hydrogen) atoms. The maximum absolute atomic E-state index is 12.9. The average molecular weight is 469 g/mol. The molecule has 0 saturated heterocycles. The van der Waals surface area contributed by atoms with Gasteiger partial charge in [0.25, 0.3) is 0 Å². The van der Waals surface area contributed by atoms with E-state index in [2.05, 4.69) is 10.6 Å². The number of rotatable bonds is 8. The summed E-state index contributed by atoms with van der Waals surface area (Å²) in [5.74, 6) is -0.472. The first-order valence-corrected chi connectivity index (χ1v) is 11.7. The van der Waals surface area contributed by atoms with Gasteiger partial charge in [-0.1, -0.05) is 31.2 Å². The molecule has 2 aromatic rings. The van der Waals surface area contributed by atoms with Crippen LogP contribution in [0.3, 0.4) is 0 Å². The second-order valence-electron chi connectivity index (χ2n) is 8.29. The highest BCUT2D eigenvalue weighted by Crippen LogP contribution is 2.57.